The fourth-order valence-electron chi connectivity index (χ4n) is 6.87. The largest absolute Gasteiger partial charge is 0.508 e. The van der Waals surface area contributed by atoms with E-state index in [0.717, 1.165) is 4.90 Å². The van der Waals surface area contributed by atoms with Gasteiger partial charge >= 0.3 is 0 Å². The van der Waals surface area contributed by atoms with E-state index < -0.39 is 45.2 Å². The quantitative estimate of drug-likeness (QED) is 0.233. The van der Waals surface area contributed by atoms with Gasteiger partial charge in [0.25, 0.3) is 11.8 Å². The Balaban J connectivity index is 1.55. The molecule has 2 saturated heterocycles. The number of carbonyl (C=O) groups is 4. The van der Waals surface area contributed by atoms with Crippen molar-refractivity contribution in [3.05, 3.63) is 65.7 Å². The van der Waals surface area contributed by atoms with E-state index in [1.807, 2.05) is 6.08 Å². The molecule has 1 saturated carbocycles. The van der Waals surface area contributed by atoms with Crippen molar-refractivity contribution in [2.75, 3.05) is 17.5 Å². The predicted molar refractivity (Wildman–Crippen MR) is 147 cm³/mol. The van der Waals surface area contributed by atoms with Gasteiger partial charge in [-0.2, -0.15) is 0 Å². The van der Waals surface area contributed by atoms with Crippen LogP contribution < -0.4 is 9.64 Å². The van der Waals surface area contributed by atoms with E-state index in [2.05, 4.69) is 15.9 Å². The smallest absolute Gasteiger partial charge is 0.254 e. The average molecular weight is 634 g/mol. The molecule has 6 rings (SSSR count). The first-order chi connectivity index (χ1) is 18.6. The maximum Gasteiger partial charge on any atom is 0.254 e. The lowest BCUT2D eigenvalue weighted by Crippen LogP contribution is -2.60. The van der Waals surface area contributed by atoms with Crippen LogP contribution in [-0.2, 0) is 19.2 Å². The number of rotatable bonds is 4. The van der Waals surface area contributed by atoms with Gasteiger partial charge in [-0.3, -0.25) is 29.0 Å². The molecule has 202 valence electrons. The van der Waals surface area contributed by atoms with E-state index in [1.165, 1.54) is 24.1 Å². The van der Waals surface area contributed by atoms with Gasteiger partial charge in [-0.05, 0) is 37.0 Å². The zero-order valence-corrected chi connectivity index (χ0v) is 23.7. The Kier molecular flexibility index (Phi) is 6.13. The first kappa shape index (κ1) is 26.3. The third-order valence-electron chi connectivity index (χ3n) is 8.56. The van der Waals surface area contributed by atoms with E-state index in [-0.39, 0.29) is 41.6 Å². The van der Waals surface area contributed by atoms with Crippen molar-refractivity contribution in [3.8, 4) is 11.5 Å². The van der Waals surface area contributed by atoms with Crippen LogP contribution in [0.2, 0.25) is 0 Å². The summed E-state index contributed by atoms with van der Waals surface area (Å²) in [6.45, 7) is 0. The molecule has 6 atom stereocenters. The number of allylic oxidation sites excluding steroid dienone is 2. The summed E-state index contributed by atoms with van der Waals surface area (Å²) in [4.78, 5) is 53.3. The molecule has 39 heavy (non-hydrogen) atoms. The number of ether oxygens (including phenoxy) is 1. The summed E-state index contributed by atoms with van der Waals surface area (Å²) in [6.07, 6.45) is 2.02. The first-order valence-corrected chi connectivity index (χ1v) is 14.3. The molecule has 3 fully saturated rings. The van der Waals surface area contributed by atoms with Gasteiger partial charge in [-0.15, -0.1) is 23.2 Å². The van der Waals surface area contributed by atoms with E-state index in [1.54, 1.807) is 36.4 Å². The van der Waals surface area contributed by atoms with E-state index in [0.29, 0.717) is 16.8 Å². The van der Waals surface area contributed by atoms with Crippen molar-refractivity contribution < 1.29 is 29.0 Å². The molecule has 0 unspecified atom stereocenters. The number of benzene rings is 2. The molecule has 1 N–H and O–H groups in total. The van der Waals surface area contributed by atoms with Crippen LogP contribution in [0.3, 0.4) is 0 Å². The van der Waals surface area contributed by atoms with Gasteiger partial charge in [-0.25, -0.2) is 0 Å². The number of fused-ring (bicyclic) bond motifs is 4. The van der Waals surface area contributed by atoms with E-state index in [9.17, 15) is 24.3 Å². The highest BCUT2D eigenvalue weighted by Gasteiger charge is 2.76. The van der Waals surface area contributed by atoms with Gasteiger partial charge in [0, 0.05) is 17.5 Å². The van der Waals surface area contributed by atoms with Crippen LogP contribution in [0.4, 0.5) is 5.69 Å². The Morgan fingerprint density at radius 3 is 2.41 bits per heavy atom. The van der Waals surface area contributed by atoms with Crippen molar-refractivity contribution >= 4 is 68.4 Å². The minimum atomic E-state index is -1.94. The molecule has 2 heterocycles. The second-order valence-corrected chi connectivity index (χ2v) is 12.0. The molecule has 4 aliphatic rings. The summed E-state index contributed by atoms with van der Waals surface area (Å²) in [6, 6.07) is 13.1. The van der Waals surface area contributed by atoms with Crippen molar-refractivity contribution in [1.82, 2.24) is 4.90 Å². The summed E-state index contributed by atoms with van der Waals surface area (Å²) in [5, 5.41) is 10.1. The number of carbonyl (C=O) groups excluding carboxylic acids is 4. The Labute approximate surface area is 242 Å². The van der Waals surface area contributed by atoms with Crippen LogP contribution in [0.25, 0.3) is 0 Å². The van der Waals surface area contributed by atoms with E-state index in [4.69, 9.17) is 27.9 Å². The lowest BCUT2D eigenvalue weighted by atomic mass is 9.56. The molecule has 11 heteroatoms. The average Bonchev–Trinajstić information content (AvgIpc) is 3.27. The SMILES string of the molecule is COc1cc(O)ccc1[C@H]1C2=CC[C@@H]3C(=O)N(c4ccccc4)C(=O)[C@@H]3[C@@H]2C[C@@]2(Cl)C(=O)N(CBr)C(=O)[C@@]12Cl. The normalized spacial score (nSPS) is 33.6. The standard InChI is InChI=1S/C28H23BrCl2N2O6/c1-39-20-11-15(34)7-8-17(20)22-16-9-10-18-21(24(36)33(23(18)35)14-5-3-2-4-6-14)19(16)12-27(30)25(37)32(13-29)26(38)28(22,27)31/h2-9,11,18-19,21-22,34H,10,12-13H2,1H3/t18-,19+,21-,22+,27+,28-/m0/s1. The van der Waals surface area contributed by atoms with Gasteiger partial charge < -0.3 is 9.84 Å². The number of halogens is 3. The number of hydrogen-bond acceptors (Lipinski definition) is 6. The topological polar surface area (TPSA) is 104 Å². The number of phenolic OH excluding ortho intramolecular Hbond substituents is 1. The summed E-state index contributed by atoms with van der Waals surface area (Å²) in [7, 11) is 1.42. The monoisotopic (exact) mass is 632 g/mol. The molecule has 2 aliphatic carbocycles. The van der Waals surface area contributed by atoms with Gasteiger partial charge in [-0.1, -0.05) is 51.8 Å². The number of aromatic hydroxyl groups is 1. The Morgan fingerprint density at radius 2 is 1.74 bits per heavy atom. The van der Waals surface area contributed by atoms with Crippen LogP contribution in [0.1, 0.15) is 24.3 Å². The third kappa shape index (κ3) is 3.36. The lowest BCUT2D eigenvalue weighted by molar-refractivity contribution is -0.138. The Hall–Kier alpha value is -2.88. The predicted octanol–water partition coefficient (Wildman–Crippen LogP) is 4.32. The number of alkyl halides is 3. The zero-order valence-electron chi connectivity index (χ0n) is 20.6. The third-order valence-corrected chi connectivity index (χ3v) is 10.5. The molecule has 0 radical (unpaired) electrons. The van der Waals surface area contributed by atoms with Crippen molar-refractivity contribution in [2.45, 2.75) is 28.5 Å². The molecule has 0 aromatic heterocycles. The summed E-state index contributed by atoms with van der Waals surface area (Å²) >= 11 is 17.6. The van der Waals surface area contributed by atoms with Crippen LogP contribution in [0.5, 0.6) is 11.5 Å². The number of methoxy groups -OCH3 is 1. The number of anilines is 1. The number of phenols is 1. The molecule has 0 spiro atoms. The number of para-hydroxylation sites is 1. The highest BCUT2D eigenvalue weighted by molar-refractivity contribution is 9.09. The molecule has 8 nitrogen and oxygen atoms in total. The van der Waals surface area contributed by atoms with Gasteiger partial charge in [0.05, 0.1) is 30.1 Å². The summed E-state index contributed by atoms with van der Waals surface area (Å²) < 4.78 is 5.56. The Bertz CT molecular complexity index is 1470. The van der Waals surface area contributed by atoms with Crippen LogP contribution >= 0.6 is 39.1 Å². The second-order valence-electron chi connectivity index (χ2n) is 10.3. The minimum Gasteiger partial charge on any atom is -0.508 e. The van der Waals surface area contributed by atoms with Crippen LogP contribution in [0.15, 0.2) is 60.2 Å². The highest BCUT2D eigenvalue weighted by Crippen LogP contribution is 2.66. The zero-order chi connectivity index (χ0) is 27.9. The van der Waals surface area contributed by atoms with Gasteiger partial charge in [0.1, 0.15) is 11.5 Å². The van der Waals surface area contributed by atoms with Crippen molar-refractivity contribution in [3.63, 3.8) is 0 Å². The number of nitrogens with zero attached hydrogens (tertiary/aromatic N) is 2. The van der Waals surface area contributed by atoms with E-state index >= 15 is 0 Å². The molecule has 0 bridgehead atoms. The molecule has 2 aliphatic heterocycles. The van der Waals surface area contributed by atoms with Crippen LogP contribution in [-0.4, -0.2) is 55.9 Å². The maximum atomic E-state index is 13.9. The molecule has 2 aromatic rings. The number of imide groups is 2. The van der Waals surface area contributed by atoms with Gasteiger partial charge in [0.2, 0.25) is 11.8 Å². The summed E-state index contributed by atoms with van der Waals surface area (Å²) in [5.41, 5.74) is 1.46. The lowest BCUT2D eigenvalue weighted by Gasteiger charge is -2.50. The molecule has 4 amide bonds. The fraction of sp³-hybridized carbons (Fsp3) is 0.357. The second kappa shape index (κ2) is 9.08. The maximum absolute atomic E-state index is 13.9. The fourth-order valence-corrected chi connectivity index (χ4v) is 8.29. The van der Waals surface area contributed by atoms with Crippen LogP contribution in [0, 0.1) is 17.8 Å². The van der Waals surface area contributed by atoms with Gasteiger partial charge in [0.15, 0.2) is 9.75 Å². The molecular weight excluding hydrogens is 611 g/mol. The molecular formula is C28H23BrCl2N2O6. The van der Waals surface area contributed by atoms with Crippen molar-refractivity contribution in [2.24, 2.45) is 17.8 Å². The number of hydrogen-bond donors (Lipinski definition) is 1. The minimum absolute atomic E-state index is 0.0626. The number of amides is 4. The summed E-state index contributed by atoms with van der Waals surface area (Å²) in [5.74, 6) is -4.88. The van der Waals surface area contributed by atoms with Crippen molar-refractivity contribution in [1.29, 1.82) is 0 Å². The molecule has 2 aromatic carbocycles. The number of likely N-dealkylation sites (tertiary alicyclic amines) is 1. The highest BCUT2D eigenvalue weighted by atomic mass is 79.9. The first-order valence-electron chi connectivity index (χ1n) is 12.4. The Morgan fingerprint density at radius 1 is 1.03 bits per heavy atom.